The Morgan fingerprint density at radius 2 is 2.00 bits per heavy atom. The lowest BCUT2D eigenvalue weighted by molar-refractivity contribution is 0.175. The molecule has 1 aliphatic heterocycles. The predicted molar refractivity (Wildman–Crippen MR) is 59.4 cm³/mol. The van der Waals surface area contributed by atoms with Crippen LogP contribution in [0.3, 0.4) is 0 Å². The fraction of sp³-hybridized carbons (Fsp3) is 1.00. The summed E-state index contributed by atoms with van der Waals surface area (Å²) < 4.78 is 0. The number of unbranched alkanes of at least 4 members (excludes halogenated alkanes) is 3. The number of nitrogens with zero attached hydrogens (tertiary/aromatic N) is 1. The van der Waals surface area contributed by atoms with E-state index in [0.717, 1.165) is 25.3 Å². The first-order valence-corrected chi connectivity index (χ1v) is 5.97. The van der Waals surface area contributed by atoms with E-state index < -0.39 is 0 Å². The number of thiol groups is 1. The van der Waals surface area contributed by atoms with E-state index in [-0.39, 0.29) is 6.10 Å². The van der Waals surface area contributed by atoms with Crippen LogP contribution in [-0.4, -0.2) is 41.5 Å². The van der Waals surface area contributed by atoms with Gasteiger partial charge in [-0.3, -0.25) is 0 Å². The minimum atomic E-state index is -0.0579. The maximum absolute atomic E-state index is 9.29. The van der Waals surface area contributed by atoms with Crippen molar-refractivity contribution in [3.05, 3.63) is 0 Å². The average molecular weight is 203 g/mol. The summed E-state index contributed by atoms with van der Waals surface area (Å²) in [7, 11) is 0. The molecule has 1 atom stereocenters. The van der Waals surface area contributed by atoms with E-state index in [0.29, 0.717) is 0 Å². The van der Waals surface area contributed by atoms with Crippen molar-refractivity contribution in [3.63, 3.8) is 0 Å². The lowest BCUT2D eigenvalue weighted by atomic mass is 10.2. The number of likely N-dealkylation sites (tertiary alicyclic amines) is 1. The van der Waals surface area contributed by atoms with E-state index in [4.69, 9.17) is 0 Å². The number of rotatable bonds is 6. The molecule has 0 saturated carbocycles. The highest BCUT2D eigenvalue weighted by molar-refractivity contribution is 7.80. The van der Waals surface area contributed by atoms with Gasteiger partial charge in [0.15, 0.2) is 0 Å². The number of hydrogen-bond acceptors (Lipinski definition) is 3. The van der Waals surface area contributed by atoms with Gasteiger partial charge >= 0.3 is 0 Å². The van der Waals surface area contributed by atoms with Gasteiger partial charge < -0.3 is 10.0 Å². The Morgan fingerprint density at radius 1 is 1.23 bits per heavy atom. The van der Waals surface area contributed by atoms with Crippen molar-refractivity contribution in [3.8, 4) is 0 Å². The lowest BCUT2D eigenvalue weighted by Gasteiger charge is -2.13. The molecule has 0 radical (unpaired) electrons. The van der Waals surface area contributed by atoms with Crippen molar-refractivity contribution in [1.82, 2.24) is 4.90 Å². The zero-order chi connectivity index (χ0) is 9.52. The molecule has 78 valence electrons. The molecular formula is C10H21NOS. The van der Waals surface area contributed by atoms with Crippen LogP contribution in [0, 0.1) is 0 Å². The molecule has 1 aliphatic rings. The van der Waals surface area contributed by atoms with Crippen LogP contribution in [0.4, 0.5) is 0 Å². The number of aliphatic hydroxyl groups is 1. The van der Waals surface area contributed by atoms with E-state index in [9.17, 15) is 5.11 Å². The Bertz CT molecular complexity index is 132. The Kier molecular flexibility index (Phi) is 5.83. The second-order valence-electron chi connectivity index (χ2n) is 3.88. The monoisotopic (exact) mass is 203 g/mol. The zero-order valence-electron chi connectivity index (χ0n) is 8.28. The van der Waals surface area contributed by atoms with Gasteiger partial charge in [-0.1, -0.05) is 12.8 Å². The van der Waals surface area contributed by atoms with Crippen molar-refractivity contribution < 1.29 is 5.11 Å². The first-order chi connectivity index (χ1) is 6.33. The van der Waals surface area contributed by atoms with Crippen LogP contribution in [0.1, 0.15) is 32.1 Å². The van der Waals surface area contributed by atoms with Crippen molar-refractivity contribution in [1.29, 1.82) is 0 Å². The molecule has 0 aromatic carbocycles. The van der Waals surface area contributed by atoms with E-state index in [1.807, 2.05) is 0 Å². The van der Waals surface area contributed by atoms with Crippen LogP contribution < -0.4 is 0 Å². The summed E-state index contributed by atoms with van der Waals surface area (Å²) in [6.45, 7) is 3.16. The molecule has 1 heterocycles. The van der Waals surface area contributed by atoms with Crippen LogP contribution in [0.15, 0.2) is 0 Å². The smallest absolute Gasteiger partial charge is 0.0679 e. The number of hydrogen-bond donors (Lipinski definition) is 2. The minimum absolute atomic E-state index is 0.0579. The summed E-state index contributed by atoms with van der Waals surface area (Å²) in [4.78, 5) is 2.37. The maximum atomic E-state index is 9.29. The van der Waals surface area contributed by atoms with Gasteiger partial charge in [-0.25, -0.2) is 0 Å². The SMILES string of the molecule is OC1CCN(CCCCCCS)C1. The predicted octanol–water partition coefficient (Wildman–Crippen LogP) is 1.54. The van der Waals surface area contributed by atoms with Crippen LogP contribution >= 0.6 is 12.6 Å². The van der Waals surface area contributed by atoms with Gasteiger partial charge in [0.25, 0.3) is 0 Å². The van der Waals surface area contributed by atoms with Crippen LogP contribution in [0.2, 0.25) is 0 Å². The van der Waals surface area contributed by atoms with Crippen molar-refractivity contribution in [2.45, 2.75) is 38.2 Å². The molecule has 0 amide bonds. The molecule has 1 saturated heterocycles. The maximum Gasteiger partial charge on any atom is 0.0679 e. The molecule has 1 unspecified atom stereocenters. The van der Waals surface area contributed by atoms with Crippen molar-refractivity contribution in [2.75, 3.05) is 25.4 Å². The molecule has 1 N–H and O–H groups in total. The largest absolute Gasteiger partial charge is 0.392 e. The van der Waals surface area contributed by atoms with Crippen LogP contribution in [-0.2, 0) is 0 Å². The van der Waals surface area contributed by atoms with E-state index in [1.165, 1.54) is 32.2 Å². The Balaban J connectivity index is 1.88. The molecule has 1 rings (SSSR count). The van der Waals surface area contributed by atoms with Crippen LogP contribution in [0.5, 0.6) is 0 Å². The van der Waals surface area contributed by atoms with Gasteiger partial charge in [0, 0.05) is 13.1 Å². The van der Waals surface area contributed by atoms with Gasteiger partial charge in [-0.05, 0) is 31.6 Å². The molecule has 0 bridgehead atoms. The number of β-amino-alcohol motifs (C(OH)–C–C–N with tert-alkyl or cyclic N) is 1. The lowest BCUT2D eigenvalue weighted by Crippen LogP contribution is -2.23. The fourth-order valence-corrected chi connectivity index (χ4v) is 2.04. The van der Waals surface area contributed by atoms with E-state index in [2.05, 4.69) is 17.5 Å². The Morgan fingerprint density at radius 3 is 2.62 bits per heavy atom. The molecule has 0 aromatic rings. The van der Waals surface area contributed by atoms with Gasteiger partial charge in [-0.15, -0.1) is 0 Å². The van der Waals surface area contributed by atoms with Crippen molar-refractivity contribution in [2.24, 2.45) is 0 Å². The summed E-state index contributed by atoms with van der Waals surface area (Å²) in [5.74, 6) is 1.02. The normalized spacial score (nSPS) is 24.0. The van der Waals surface area contributed by atoms with Crippen molar-refractivity contribution >= 4 is 12.6 Å². The molecule has 2 nitrogen and oxygen atoms in total. The zero-order valence-corrected chi connectivity index (χ0v) is 9.18. The quantitative estimate of drug-likeness (QED) is 0.505. The second kappa shape index (κ2) is 6.68. The standard InChI is InChI=1S/C10H21NOS/c12-10-5-7-11(9-10)6-3-1-2-4-8-13/h10,12-13H,1-9H2. The molecule has 0 aromatic heterocycles. The molecule has 0 spiro atoms. The van der Waals surface area contributed by atoms with Crippen LogP contribution in [0.25, 0.3) is 0 Å². The van der Waals surface area contributed by atoms with Gasteiger partial charge in [0.05, 0.1) is 6.10 Å². The van der Waals surface area contributed by atoms with Gasteiger partial charge in [-0.2, -0.15) is 12.6 Å². The van der Waals surface area contributed by atoms with Gasteiger partial charge in [0.1, 0.15) is 0 Å². The highest BCUT2D eigenvalue weighted by atomic mass is 32.1. The highest BCUT2D eigenvalue weighted by Gasteiger charge is 2.18. The topological polar surface area (TPSA) is 23.5 Å². The average Bonchev–Trinajstić information content (AvgIpc) is 2.51. The summed E-state index contributed by atoms with van der Waals surface area (Å²) in [5.41, 5.74) is 0. The molecule has 0 aliphatic carbocycles. The van der Waals surface area contributed by atoms with Gasteiger partial charge in [0.2, 0.25) is 0 Å². The third-order valence-corrected chi connectivity index (χ3v) is 2.95. The summed E-state index contributed by atoms with van der Waals surface area (Å²) in [6, 6.07) is 0. The third kappa shape index (κ3) is 4.89. The van der Waals surface area contributed by atoms with E-state index >= 15 is 0 Å². The minimum Gasteiger partial charge on any atom is -0.392 e. The first-order valence-electron chi connectivity index (χ1n) is 5.34. The Labute approximate surface area is 86.7 Å². The second-order valence-corrected chi connectivity index (χ2v) is 4.33. The first kappa shape index (κ1) is 11.3. The highest BCUT2D eigenvalue weighted by Crippen LogP contribution is 2.10. The number of aliphatic hydroxyl groups excluding tert-OH is 1. The molecule has 1 fully saturated rings. The summed E-state index contributed by atoms with van der Waals surface area (Å²) in [6.07, 6.45) is 6.05. The Hall–Kier alpha value is 0.270. The third-order valence-electron chi connectivity index (χ3n) is 2.63. The van der Waals surface area contributed by atoms with E-state index in [1.54, 1.807) is 0 Å². The molecule has 3 heteroatoms. The molecule has 13 heavy (non-hydrogen) atoms. The summed E-state index contributed by atoms with van der Waals surface area (Å²) in [5, 5.41) is 9.29. The fourth-order valence-electron chi connectivity index (χ4n) is 1.82. The summed E-state index contributed by atoms with van der Waals surface area (Å²) >= 11 is 4.18. The molecular weight excluding hydrogens is 182 g/mol.